The van der Waals surface area contributed by atoms with E-state index in [2.05, 4.69) is 283 Å². The van der Waals surface area contributed by atoms with Crippen molar-refractivity contribution in [3.63, 3.8) is 0 Å². The summed E-state index contributed by atoms with van der Waals surface area (Å²) in [7, 11) is 0. The highest BCUT2D eigenvalue weighted by atomic mass is 15.2. The molecule has 4 heteroatoms. The first kappa shape index (κ1) is 50.4. The first-order chi connectivity index (χ1) is 38.4. The molecule has 15 rings (SSSR count). The number of hydrogen-bond donors (Lipinski definition) is 0. The Morgan fingerprint density at radius 3 is 1.63 bits per heavy atom. The number of benzene rings is 9. The molecule has 0 fully saturated rings. The lowest BCUT2D eigenvalue weighted by Gasteiger charge is -2.45. The van der Waals surface area contributed by atoms with Crippen LogP contribution in [0.1, 0.15) is 178 Å². The number of hydrogen-bond acceptors (Lipinski definition) is 1. The van der Waals surface area contributed by atoms with Crippen molar-refractivity contribution < 1.29 is 0 Å². The molecule has 402 valence electrons. The van der Waals surface area contributed by atoms with Gasteiger partial charge in [0.1, 0.15) is 0 Å². The number of fused-ring (bicyclic) bond motifs is 14. The SMILES string of the molecule is CC(C)c1ccc(N(c2cccc(C(C)C)c2)c2ccc3c4c2c2ccccc2n4-c2ccc4c5c2B3c2cc(C(C)(C)C)cc3c6cc(C(C)(C)C)cc(c6n-5c23)C42c3cc(C(C)(C)C)ccc3-c3ccc(C(C)(C)C)cc32)cc1. The molecule has 4 aliphatic rings. The molecule has 0 unspecified atom stereocenters. The van der Waals surface area contributed by atoms with Gasteiger partial charge in [-0.3, -0.25) is 0 Å². The average molecular weight is 1050 g/mol. The molecular formula is C77H76BN3. The molecule has 81 heavy (non-hydrogen) atoms. The van der Waals surface area contributed by atoms with Crippen LogP contribution in [0.15, 0.2) is 158 Å². The molecule has 0 N–H and O–H groups in total. The zero-order valence-corrected chi connectivity index (χ0v) is 50.6. The number of nitrogens with zero attached hydrogens (tertiary/aromatic N) is 3. The normalized spacial score (nSPS) is 14.7. The summed E-state index contributed by atoms with van der Waals surface area (Å²) in [6.07, 6.45) is 0. The third kappa shape index (κ3) is 6.71. The molecular weight excluding hydrogens is 978 g/mol. The van der Waals surface area contributed by atoms with Crippen molar-refractivity contribution in [3.05, 3.63) is 213 Å². The molecule has 0 saturated heterocycles. The van der Waals surface area contributed by atoms with Crippen LogP contribution in [0.25, 0.3) is 66.1 Å². The van der Waals surface area contributed by atoms with E-state index in [1.165, 1.54) is 150 Å². The van der Waals surface area contributed by atoms with Gasteiger partial charge in [0.2, 0.25) is 0 Å². The molecule has 5 heterocycles. The number of para-hydroxylation sites is 1. The summed E-state index contributed by atoms with van der Waals surface area (Å²) in [6.45, 7) is 37.9. The predicted molar refractivity (Wildman–Crippen MR) is 348 cm³/mol. The highest BCUT2D eigenvalue weighted by Gasteiger charge is 2.55. The largest absolute Gasteiger partial charge is 0.310 e. The van der Waals surface area contributed by atoms with Crippen molar-refractivity contribution in [2.24, 2.45) is 0 Å². The molecule has 1 spiro atoms. The van der Waals surface area contributed by atoms with Crippen molar-refractivity contribution in [2.75, 3.05) is 4.90 Å². The topological polar surface area (TPSA) is 13.1 Å². The van der Waals surface area contributed by atoms with Crippen LogP contribution in [0, 0.1) is 0 Å². The lowest BCUT2D eigenvalue weighted by Crippen LogP contribution is -2.60. The molecule has 2 aromatic heterocycles. The summed E-state index contributed by atoms with van der Waals surface area (Å²) in [6, 6.07) is 63.7. The molecule has 3 aliphatic heterocycles. The molecule has 3 nitrogen and oxygen atoms in total. The van der Waals surface area contributed by atoms with Gasteiger partial charge in [-0.15, -0.1) is 0 Å². The standard InChI is InChI=1S/C77H76BN3/c1-43(2)45-24-28-51(29-25-45)79(52-21-19-20-46(36-52)44(3)4)65-35-33-62-72-67(65)55-22-17-18-23-64(55)80(72)66-34-32-58-71-68(66)78(62)63-42-50(76(14,15)16)38-57-56-37-49(75(11,12)13)41-61(69(56)81(71)70(57)63)77(58)59-39-47(73(5,6)7)26-30-53(59)54-31-27-48(40-60(54)77)74(8,9)10/h17-44H,1-16H3. The van der Waals surface area contributed by atoms with Crippen LogP contribution in [-0.2, 0) is 27.1 Å². The zero-order chi connectivity index (χ0) is 56.5. The fraction of sp³-hybridized carbons (Fsp3) is 0.299. The lowest BCUT2D eigenvalue weighted by atomic mass is 9.33. The fourth-order valence-electron chi connectivity index (χ4n) is 15.2. The Morgan fingerprint density at radius 2 is 1.01 bits per heavy atom. The minimum atomic E-state index is -0.620. The monoisotopic (exact) mass is 1050 g/mol. The van der Waals surface area contributed by atoms with Crippen molar-refractivity contribution in [1.82, 2.24) is 9.13 Å². The van der Waals surface area contributed by atoms with Crippen molar-refractivity contribution in [2.45, 2.75) is 150 Å². The van der Waals surface area contributed by atoms with Gasteiger partial charge >= 0.3 is 0 Å². The van der Waals surface area contributed by atoms with E-state index in [4.69, 9.17) is 0 Å². The number of aromatic nitrogens is 2. The van der Waals surface area contributed by atoms with E-state index in [0.29, 0.717) is 11.8 Å². The molecule has 0 atom stereocenters. The van der Waals surface area contributed by atoms with Crippen molar-refractivity contribution >= 4 is 83.8 Å². The second-order valence-corrected chi connectivity index (χ2v) is 29.4. The van der Waals surface area contributed by atoms with Crippen LogP contribution in [0.3, 0.4) is 0 Å². The summed E-state index contributed by atoms with van der Waals surface area (Å²) in [5, 5.41) is 5.29. The van der Waals surface area contributed by atoms with E-state index in [1.54, 1.807) is 0 Å². The second-order valence-electron chi connectivity index (χ2n) is 29.4. The summed E-state index contributed by atoms with van der Waals surface area (Å²) in [5.74, 6) is 0.821. The molecule has 0 amide bonds. The van der Waals surface area contributed by atoms with Crippen molar-refractivity contribution in [3.8, 4) is 22.5 Å². The van der Waals surface area contributed by atoms with Crippen LogP contribution in [0.5, 0.6) is 0 Å². The summed E-state index contributed by atoms with van der Waals surface area (Å²) in [4.78, 5) is 2.55. The van der Waals surface area contributed by atoms with Crippen LogP contribution < -0.4 is 21.3 Å². The average Bonchev–Trinajstić information content (AvgIpc) is 1.85. The van der Waals surface area contributed by atoms with E-state index in [0.717, 1.165) is 5.69 Å². The maximum atomic E-state index is 2.80. The van der Waals surface area contributed by atoms with Gasteiger partial charge < -0.3 is 14.0 Å². The Balaban J connectivity index is 1.14. The van der Waals surface area contributed by atoms with E-state index < -0.39 is 5.41 Å². The Kier molecular flexibility index (Phi) is 10.2. The highest BCUT2D eigenvalue weighted by Crippen LogP contribution is 2.63. The highest BCUT2D eigenvalue weighted by molar-refractivity contribution is 7.00. The quantitative estimate of drug-likeness (QED) is 0.157. The van der Waals surface area contributed by atoms with Gasteiger partial charge in [0.15, 0.2) is 0 Å². The van der Waals surface area contributed by atoms with E-state index in [1.807, 2.05) is 0 Å². The van der Waals surface area contributed by atoms with E-state index >= 15 is 0 Å². The molecule has 9 aromatic carbocycles. The Labute approximate surface area is 480 Å². The van der Waals surface area contributed by atoms with Gasteiger partial charge in [0, 0.05) is 49.8 Å². The van der Waals surface area contributed by atoms with Gasteiger partial charge in [-0.05, 0) is 171 Å². The Bertz CT molecular complexity index is 4500. The van der Waals surface area contributed by atoms with Gasteiger partial charge in [-0.1, -0.05) is 214 Å². The third-order valence-electron chi connectivity index (χ3n) is 19.6. The molecule has 11 aromatic rings. The van der Waals surface area contributed by atoms with Crippen LogP contribution >= 0.6 is 0 Å². The van der Waals surface area contributed by atoms with Crippen LogP contribution in [0.4, 0.5) is 17.1 Å². The van der Waals surface area contributed by atoms with Crippen LogP contribution in [-0.4, -0.2) is 15.8 Å². The van der Waals surface area contributed by atoms with E-state index in [9.17, 15) is 0 Å². The fourth-order valence-corrected chi connectivity index (χ4v) is 15.2. The van der Waals surface area contributed by atoms with Gasteiger partial charge in [-0.2, -0.15) is 0 Å². The minimum Gasteiger partial charge on any atom is -0.310 e. The predicted octanol–water partition coefficient (Wildman–Crippen LogP) is 18.6. The minimum absolute atomic E-state index is 0.0455. The lowest BCUT2D eigenvalue weighted by molar-refractivity contribution is 0.583. The Hall–Kier alpha value is -7.56. The first-order valence-corrected chi connectivity index (χ1v) is 30.1. The maximum absolute atomic E-state index is 2.80. The van der Waals surface area contributed by atoms with Gasteiger partial charge in [0.25, 0.3) is 6.71 Å². The van der Waals surface area contributed by atoms with Gasteiger partial charge in [0.05, 0.1) is 27.7 Å². The second kappa shape index (κ2) is 16.3. The molecule has 0 saturated carbocycles. The first-order valence-electron chi connectivity index (χ1n) is 30.1. The Morgan fingerprint density at radius 1 is 0.420 bits per heavy atom. The molecule has 0 bridgehead atoms. The summed E-state index contributed by atoms with van der Waals surface area (Å²) < 4.78 is 5.49. The van der Waals surface area contributed by atoms with E-state index in [-0.39, 0.29) is 28.4 Å². The summed E-state index contributed by atoms with van der Waals surface area (Å²) >= 11 is 0. The van der Waals surface area contributed by atoms with Crippen molar-refractivity contribution in [1.29, 1.82) is 0 Å². The molecule has 1 aliphatic carbocycles. The van der Waals surface area contributed by atoms with Crippen LogP contribution in [0.2, 0.25) is 0 Å². The number of rotatable bonds is 5. The molecule has 0 radical (unpaired) electrons. The van der Waals surface area contributed by atoms with Gasteiger partial charge in [-0.25, -0.2) is 0 Å². The zero-order valence-electron chi connectivity index (χ0n) is 50.6. The summed E-state index contributed by atoms with van der Waals surface area (Å²) in [5.41, 5.74) is 31.2. The number of anilines is 3. The smallest absolute Gasteiger partial charge is 0.252 e. The maximum Gasteiger partial charge on any atom is 0.252 e. The third-order valence-corrected chi connectivity index (χ3v) is 19.6.